The van der Waals surface area contributed by atoms with Gasteiger partial charge >= 0.3 is 17.9 Å². The van der Waals surface area contributed by atoms with Crippen molar-refractivity contribution in [3.05, 3.63) is 161 Å². The first-order valence-electron chi connectivity index (χ1n) is 39.7. The van der Waals surface area contributed by atoms with Crippen LogP contribution in [0.3, 0.4) is 0 Å². The molecule has 0 aliphatic carbocycles. The van der Waals surface area contributed by atoms with E-state index in [-0.39, 0.29) is 0 Å². The number of unbranched alkanes of at least 4 members (excludes halogenated alkanes) is 36. The van der Waals surface area contributed by atoms with Crippen LogP contribution in [0.2, 0.25) is 0 Å². The van der Waals surface area contributed by atoms with Gasteiger partial charge in [-0.15, -0.1) is 0 Å². The number of carbonyl (C=O) groups excluding carboxylic acids is 3. The summed E-state index contributed by atoms with van der Waals surface area (Å²) < 4.78 is 42.4. The van der Waals surface area contributed by atoms with E-state index < -0.39 is 17.9 Å². The molecule has 12 nitrogen and oxygen atoms in total. The maximum Gasteiger partial charge on any atom is 0.343 e. The molecule has 0 spiro atoms. The van der Waals surface area contributed by atoms with E-state index >= 15 is 0 Å². The Hall–Kier alpha value is -7.73. The zero-order chi connectivity index (χ0) is 71.3. The zero-order valence-electron chi connectivity index (χ0n) is 62.4. The molecule has 0 aliphatic heterocycles. The van der Waals surface area contributed by atoms with Crippen molar-refractivity contribution >= 4 is 41.7 Å². The van der Waals surface area contributed by atoms with Gasteiger partial charge in [-0.25, -0.2) is 14.4 Å². The molecular weight excluding hydrogens is 1260 g/mol. The Bertz CT molecular complexity index is 3120. The summed E-state index contributed by atoms with van der Waals surface area (Å²) in [5, 5.41) is 0. The summed E-state index contributed by atoms with van der Waals surface area (Å²) in [4.78, 5) is 49.6. The molecule has 0 saturated heterocycles. The third-order valence-electron chi connectivity index (χ3n) is 18.4. The molecule has 0 radical (unpaired) electrons. The van der Waals surface area contributed by atoms with Gasteiger partial charge in [-0.05, 0) is 134 Å². The molecule has 6 aromatic rings. The van der Waals surface area contributed by atoms with Crippen LogP contribution in [0.25, 0.3) is 0 Å². The highest BCUT2D eigenvalue weighted by atomic mass is 16.5. The molecule has 0 unspecified atom stereocenters. The normalized spacial score (nSPS) is 11.4. The number of aliphatic imine (C=N–C) groups is 2. The average Bonchev–Trinajstić information content (AvgIpc) is 0.869. The van der Waals surface area contributed by atoms with E-state index in [4.69, 9.17) is 33.2 Å². The van der Waals surface area contributed by atoms with E-state index in [0.29, 0.717) is 94.7 Å². The van der Waals surface area contributed by atoms with Crippen LogP contribution in [-0.4, -0.2) is 56.8 Å². The summed E-state index contributed by atoms with van der Waals surface area (Å²) in [6.45, 7) is 11.4. The van der Waals surface area contributed by atoms with Crippen LogP contribution in [-0.2, 0) is 0 Å². The SMILES string of the molecule is CCCCCCCCCCCCOc1cc(OCCCCCCCCCCCC)cc(OC(=O)c2ccc(N=Cc3ccc(OC(=O)c4ccc(C=Nc5ccc(OC(=O)c6cc(OCCCCCCCCCCCC)cc(OCCCCCCCCCCCC)c6)cc5)cc4)cc3)cc2)c1. The van der Waals surface area contributed by atoms with Crippen LogP contribution >= 0.6 is 0 Å². The minimum absolute atomic E-state index is 0.368. The van der Waals surface area contributed by atoms with Crippen LogP contribution in [0.4, 0.5) is 11.4 Å². The second-order valence-corrected chi connectivity index (χ2v) is 27.4. The fourth-order valence-corrected chi connectivity index (χ4v) is 12.2. The lowest BCUT2D eigenvalue weighted by Crippen LogP contribution is -2.10. The number of ether oxygens (including phenoxy) is 7. The van der Waals surface area contributed by atoms with Gasteiger partial charge in [-0.1, -0.05) is 271 Å². The highest BCUT2D eigenvalue weighted by molar-refractivity contribution is 5.94. The van der Waals surface area contributed by atoms with Gasteiger partial charge in [0.05, 0.1) is 54.5 Å². The van der Waals surface area contributed by atoms with Crippen molar-refractivity contribution in [1.29, 1.82) is 0 Å². The molecule has 0 heterocycles. The van der Waals surface area contributed by atoms with Crippen LogP contribution in [0.15, 0.2) is 143 Å². The molecule has 12 heteroatoms. The minimum Gasteiger partial charge on any atom is -0.493 e. The smallest absolute Gasteiger partial charge is 0.343 e. The van der Waals surface area contributed by atoms with Gasteiger partial charge in [-0.3, -0.25) is 9.98 Å². The summed E-state index contributed by atoms with van der Waals surface area (Å²) in [5.41, 5.74) is 4.03. The molecule has 0 amide bonds. The number of hydrogen-bond donors (Lipinski definition) is 0. The van der Waals surface area contributed by atoms with Gasteiger partial charge in [0.1, 0.15) is 40.2 Å². The lowest BCUT2D eigenvalue weighted by Gasteiger charge is -2.13. The van der Waals surface area contributed by atoms with E-state index in [2.05, 4.69) is 37.7 Å². The van der Waals surface area contributed by atoms with E-state index in [1.54, 1.807) is 122 Å². The standard InChI is InChI=1S/C89H124N2O10/c1-5-9-13-17-21-25-29-33-37-41-61-95-82-65-77(66-83(67-82)96-62-42-38-34-30-26-22-18-14-10-6-2)89(94)100-81-59-55-79(56-60-81)91-71-73-45-49-75(50-46-73)87(92)99-80-57-47-74(48-58-80)72-90-78-53-51-76(52-54-78)88(93)101-86-69-84(97-63-43-39-35-31-27-23-19-15-11-7-3)68-85(70-86)98-64-44-40-36-32-28-24-20-16-12-8-4/h45-60,65-72H,5-44,61-64H2,1-4H3. The zero-order valence-corrected chi connectivity index (χ0v) is 62.4. The molecule has 0 N–H and O–H groups in total. The molecule has 0 saturated carbocycles. The largest absolute Gasteiger partial charge is 0.493 e. The van der Waals surface area contributed by atoms with Crippen molar-refractivity contribution in [3.8, 4) is 40.2 Å². The number of benzene rings is 6. The Kier molecular flexibility index (Phi) is 43.3. The predicted octanol–water partition coefficient (Wildman–Crippen LogP) is 26.0. The van der Waals surface area contributed by atoms with Crippen LogP contribution < -0.4 is 33.2 Å². The molecule has 6 aromatic carbocycles. The van der Waals surface area contributed by atoms with Crippen LogP contribution in [0.5, 0.6) is 40.2 Å². The number of nitrogens with zero attached hydrogens (tertiary/aromatic N) is 2. The first-order chi connectivity index (χ1) is 49.7. The van der Waals surface area contributed by atoms with Gasteiger partial charge < -0.3 is 33.2 Å². The Morgan fingerprint density at radius 3 is 0.792 bits per heavy atom. The third-order valence-corrected chi connectivity index (χ3v) is 18.4. The number of carbonyl (C=O) groups is 3. The van der Waals surface area contributed by atoms with E-state index in [9.17, 15) is 14.4 Å². The van der Waals surface area contributed by atoms with Crippen molar-refractivity contribution in [3.63, 3.8) is 0 Å². The molecule has 0 bridgehead atoms. The van der Waals surface area contributed by atoms with Gasteiger partial charge in [0.25, 0.3) is 0 Å². The Balaban J connectivity index is 0.936. The number of esters is 3. The van der Waals surface area contributed by atoms with E-state index in [1.807, 2.05) is 24.3 Å². The Labute approximate surface area is 608 Å². The maximum atomic E-state index is 13.6. The van der Waals surface area contributed by atoms with Gasteiger partial charge in [-0.2, -0.15) is 0 Å². The van der Waals surface area contributed by atoms with Gasteiger partial charge in [0, 0.05) is 36.7 Å². The maximum absolute atomic E-state index is 13.6. The van der Waals surface area contributed by atoms with Crippen molar-refractivity contribution < 1.29 is 47.5 Å². The second-order valence-electron chi connectivity index (χ2n) is 27.4. The summed E-state index contributed by atoms with van der Waals surface area (Å²) >= 11 is 0. The lowest BCUT2D eigenvalue weighted by atomic mass is 10.1. The van der Waals surface area contributed by atoms with E-state index in [1.165, 1.54) is 205 Å². The highest BCUT2D eigenvalue weighted by Crippen LogP contribution is 2.31. The summed E-state index contributed by atoms with van der Waals surface area (Å²) in [7, 11) is 0. The molecule has 0 fully saturated rings. The fourth-order valence-electron chi connectivity index (χ4n) is 12.2. The Morgan fingerprint density at radius 1 is 0.248 bits per heavy atom. The van der Waals surface area contributed by atoms with Crippen molar-refractivity contribution in [2.75, 3.05) is 26.4 Å². The lowest BCUT2D eigenvalue weighted by molar-refractivity contribution is 0.0724. The van der Waals surface area contributed by atoms with Gasteiger partial charge in [0.15, 0.2) is 0 Å². The number of hydrogen-bond acceptors (Lipinski definition) is 12. The first kappa shape index (κ1) is 82.2. The summed E-state index contributed by atoms with van der Waals surface area (Å²) in [6.07, 6.45) is 53.4. The third kappa shape index (κ3) is 37.1. The molecular formula is C89H124N2O10. The first-order valence-corrected chi connectivity index (χ1v) is 39.7. The average molecular weight is 1380 g/mol. The quantitative estimate of drug-likeness (QED) is 0.0157. The molecule has 6 rings (SSSR count). The van der Waals surface area contributed by atoms with E-state index in [0.717, 1.165) is 62.5 Å². The molecule has 550 valence electrons. The van der Waals surface area contributed by atoms with Crippen molar-refractivity contribution in [2.24, 2.45) is 9.98 Å². The highest BCUT2D eigenvalue weighted by Gasteiger charge is 2.16. The van der Waals surface area contributed by atoms with Crippen LogP contribution in [0, 0.1) is 0 Å². The monoisotopic (exact) mass is 1380 g/mol. The molecule has 0 aromatic heterocycles. The molecule has 0 atom stereocenters. The number of rotatable bonds is 58. The van der Waals surface area contributed by atoms with Crippen LogP contribution in [0.1, 0.15) is 327 Å². The molecule has 0 aliphatic rings. The minimum atomic E-state index is -0.496. The molecule has 101 heavy (non-hydrogen) atoms. The summed E-state index contributed by atoms with van der Waals surface area (Å²) in [5.74, 6) is 2.14. The predicted molar refractivity (Wildman–Crippen MR) is 417 cm³/mol. The Morgan fingerprint density at radius 2 is 0.475 bits per heavy atom. The second kappa shape index (κ2) is 53.1. The topological polar surface area (TPSA) is 141 Å². The summed E-state index contributed by atoms with van der Waals surface area (Å²) in [6, 6.07) is 38.8. The van der Waals surface area contributed by atoms with Crippen molar-refractivity contribution in [2.45, 2.75) is 285 Å². The fraction of sp³-hybridized carbons (Fsp3) is 0.539. The van der Waals surface area contributed by atoms with Gasteiger partial charge in [0.2, 0.25) is 0 Å². The van der Waals surface area contributed by atoms with Crippen molar-refractivity contribution in [1.82, 2.24) is 0 Å².